The summed E-state index contributed by atoms with van der Waals surface area (Å²) in [5, 5.41) is 1.09. The Morgan fingerprint density at radius 2 is 1.33 bits per heavy atom. The Kier molecular flexibility index (Phi) is 5.82. The van der Waals surface area contributed by atoms with Crippen molar-refractivity contribution in [3.05, 3.63) is 133 Å². The number of benzene rings is 5. The Labute approximate surface area is 228 Å². The maximum Gasteiger partial charge on any atom is 0.149 e. The summed E-state index contributed by atoms with van der Waals surface area (Å²) in [5.41, 5.74) is 10.9. The maximum atomic E-state index is 6.10. The van der Waals surface area contributed by atoms with Gasteiger partial charge in [-0.2, -0.15) is 0 Å². The molecule has 5 aromatic carbocycles. The summed E-state index contributed by atoms with van der Waals surface area (Å²) < 4.78 is 8.43. The van der Waals surface area contributed by atoms with E-state index in [0.717, 1.165) is 74.2 Å². The van der Waals surface area contributed by atoms with Gasteiger partial charge in [0.15, 0.2) is 0 Å². The minimum Gasteiger partial charge on any atom is -0.464 e. The van der Waals surface area contributed by atoms with Gasteiger partial charge < -0.3 is 4.42 Å². The first-order valence-electron chi connectivity index (χ1n) is 13.5. The third-order valence-corrected chi connectivity index (χ3v) is 7.41. The van der Waals surface area contributed by atoms with E-state index in [4.69, 9.17) is 9.40 Å². The molecule has 0 saturated carbocycles. The van der Waals surface area contributed by atoms with E-state index in [2.05, 4.69) is 133 Å². The molecule has 0 spiro atoms. The number of fused-ring (bicyclic) bond motifs is 2. The van der Waals surface area contributed by atoms with Crippen molar-refractivity contribution in [1.29, 1.82) is 0 Å². The van der Waals surface area contributed by atoms with Crippen LogP contribution in [-0.4, -0.2) is 9.55 Å². The van der Waals surface area contributed by atoms with E-state index < -0.39 is 0 Å². The Morgan fingerprint density at radius 1 is 0.667 bits per heavy atom. The molecule has 0 fully saturated rings. The van der Waals surface area contributed by atoms with E-state index in [1.807, 2.05) is 6.26 Å². The molecule has 39 heavy (non-hydrogen) atoms. The summed E-state index contributed by atoms with van der Waals surface area (Å²) in [6, 6.07) is 42.7. The lowest BCUT2D eigenvalue weighted by Crippen LogP contribution is -2.03. The zero-order valence-electron chi connectivity index (χ0n) is 21.8. The molecule has 3 heteroatoms. The molecule has 0 aliphatic heterocycles. The molecular formula is C36H28N2O. The van der Waals surface area contributed by atoms with Gasteiger partial charge >= 0.3 is 0 Å². The molecule has 7 rings (SSSR count). The number of nitrogens with zero attached hydrogens (tertiary/aromatic N) is 2. The second-order valence-corrected chi connectivity index (χ2v) is 9.92. The standard InChI is InChI=1S/C36H28N2O/c1-2-12-25-21-22-34-30(23-25)31(24-39-34)36-37-32-19-9-10-20-33(32)38(36)35-28(26-13-5-3-6-14-26)17-11-18-29(35)27-15-7-4-8-16-27/h3-11,13-24H,2,12H2,1H3. The summed E-state index contributed by atoms with van der Waals surface area (Å²) in [6.07, 6.45) is 4.00. The molecule has 2 heterocycles. The molecule has 0 aliphatic rings. The number of hydrogen-bond donors (Lipinski definition) is 0. The minimum atomic E-state index is 0.878. The van der Waals surface area contributed by atoms with Gasteiger partial charge in [0.1, 0.15) is 17.7 Å². The molecular weight excluding hydrogens is 476 g/mol. The SMILES string of the molecule is CCCc1ccc2occ(-c3nc4ccccc4n3-c3c(-c4ccccc4)cccc3-c3ccccc3)c2c1. The number of hydrogen-bond acceptors (Lipinski definition) is 2. The molecule has 0 amide bonds. The largest absolute Gasteiger partial charge is 0.464 e. The first kappa shape index (κ1) is 23.2. The molecule has 0 N–H and O–H groups in total. The molecule has 0 radical (unpaired) electrons. The number of para-hydroxylation sites is 3. The molecule has 0 unspecified atom stereocenters. The van der Waals surface area contributed by atoms with Crippen molar-refractivity contribution < 1.29 is 4.42 Å². The van der Waals surface area contributed by atoms with E-state index >= 15 is 0 Å². The van der Waals surface area contributed by atoms with Gasteiger partial charge in [-0.1, -0.05) is 110 Å². The van der Waals surface area contributed by atoms with Crippen molar-refractivity contribution in [3.8, 4) is 39.3 Å². The Bertz CT molecular complexity index is 1860. The molecule has 0 aliphatic carbocycles. The monoisotopic (exact) mass is 504 g/mol. The molecule has 0 atom stereocenters. The predicted octanol–water partition coefficient (Wildman–Crippen LogP) is 9.73. The van der Waals surface area contributed by atoms with Crippen LogP contribution in [0.25, 0.3) is 61.3 Å². The Morgan fingerprint density at radius 3 is 2.03 bits per heavy atom. The van der Waals surface area contributed by atoms with Crippen LogP contribution >= 0.6 is 0 Å². The highest BCUT2D eigenvalue weighted by atomic mass is 16.3. The summed E-state index contributed by atoms with van der Waals surface area (Å²) in [6.45, 7) is 2.21. The van der Waals surface area contributed by atoms with Gasteiger partial charge in [-0.15, -0.1) is 0 Å². The van der Waals surface area contributed by atoms with E-state index in [9.17, 15) is 0 Å². The quantitative estimate of drug-likeness (QED) is 0.226. The smallest absolute Gasteiger partial charge is 0.149 e. The number of furan rings is 1. The summed E-state index contributed by atoms with van der Waals surface area (Å²) in [5.74, 6) is 0.879. The van der Waals surface area contributed by atoms with Crippen molar-refractivity contribution in [2.45, 2.75) is 19.8 Å². The van der Waals surface area contributed by atoms with Crippen molar-refractivity contribution in [1.82, 2.24) is 9.55 Å². The van der Waals surface area contributed by atoms with Gasteiger partial charge in [-0.05, 0) is 47.4 Å². The highest BCUT2D eigenvalue weighted by molar-refractivity contribution is 5.98. The van der Waals surface area contributed by atoms with Crippen molar-refractivity contribution in [2.75, 3.05) is 0 Å². The molecule has 7 aromatic rings. The lowest BCUT2D eigenvalue weighted by atomic mass is 9.95. The Balaban J connectivity index is 1.60. The van der Waals surface area contributed by atoms with Gasteiger partial charge in [0.05, 0.1) is 22.3 Å². The fourth-order valence-electron chi connectivity index (χ4n) is 5.61. The molecule has 0 saturated heterocycles. The predicted molar refractivity (Wildman–Crippen MR) is 161 cm³/mol. The highest BCUT2D eigenvalue weighted by Crippen LogP contribution is 2.41. The molecule has 3 nitrogen and oxygen atoms in total. The molecule has 2 aromatic heterocycles. The van der Waals surface area contributed by atoms with Crippen LogP contribution in [0.3, 0.4) is 0 Å². The van der Waals surface area contributed by atoms with Gasteiger partial charge in [-0.25, -0.2) is 4.98 Å². The highest BCUT2D eigenvalue weighted by Gasteiger charge is 2.23. The van der Waals surface area contributed by atoms with Crippen LogP contribution in [0.2, 0.25) is 0 Å². The second kappa shape index (κ2) is 9.77. The summed E-state index contributed by atoms with van der Waals surface area (Å²) >= 11 is 0. The molecule has 0 bridgehead atoms. The van der Waals surface area contributed by atoms with E-state index in [0.29, 0.717) is 0 Å². The third-order valence-electron chi connectivity index (χ3n) is 7.41. The van der Waals surface area contributed by atoms with Crippen LogP contribution in [-0.2, 0) is 6.42 Å². The number of imidazole rings is 1. The van der Waals surface area contributed by atoms with Crippen molar-refractivity contribution in [3.63, 3.8) is 0 Å². The maximum absolute atomic E-state index is 6.10. The minimum absolute atomic E-state index is 0.878. The normalized spacial score (nSPS) is 11.4. The lowest BCUT2D eigenvalue weighted by Gasteiger charge is -2.19. The first-order valence-corrected chi connectivity index (χ1v) is 13.5. The van der Waals surface area contributed by atoms with Crippen LogP contribution in [0.4, 0.5) is 0 Å². The van der Waals surface area contributed by atoms with E-state index in [1.165, 1.54) is 5.56 Å². The number of rotatable bonds is 6. The third kappa shape index (κ3) is 4.04. The van der Waals surface area contributed by atoms with Gasteiger partial charge in [0, 0.05) is 16.5 Å². The number of aryl methyl sites for hydroxylation is 1. The van der Waals surface area contributed by atoms with Crippen LogP contribution in [0.15, 0.2) is 132 Å². The van der Waals surface area contributed by atoms with Gasteiger partial charge in [0.2, 0.25) is 0 Å². The van der Waals surface area contributed by atoms with Gasteiger partial charge in [-0.3, -0.25) is 4.57 Å². The second-order valence-electron chi connectivity index (χ2n) is 9.92. The molecule has 188 valence electrons. The fraction of sp³-hybridized carbons (Fsp3) is 0.0833. The van der Waals surface area contributed by atoms with E-state index in [1.54, 1.807) is 0 Å². The average molecular weight is 505 g/mol. The topological polar surface area (TPSA) is 31.0 Å². The Hall–Kier alpha value is -4.89. The van der Waals surface area contributed by atoms with Crippen LogP contribution in [0, 0.1) is 0 Å². The summed E-state index contributed by atoms with van der Waals surface area (Å²) in [7, 11) is 0. The first-order chi connectivity index (χ1) is 19.3. The van der Waals surface area contributed by atoms with Crippen molar-refractivity contribution >= 4 is 22.0 Å². The van der Waals surface area contributed by atoms with Crippen LogP contribution in [0.1, 0.15) is 18.9 Å². The van der Waals surface area contributed by atoms with Crippen LogP contribution in [0.5, 0.6) is 0 Å². The zero-order chi connectivity index (χ0) is 26.2. The zero-order valence-corrected chi connectivity index (χ0v) is 21.8. The van der Waals surface area contributed by atoms with Crippen molar-refractivity contribution in [2.24, 2.45) is 0 Å². The summed E-state index contributed by atoms with van der Waals surface area (Å²) in [4.78, 5) is 5.23. The fourth-order valence-corrected chi connectivity index (χ4v) is 5.61. The van der Waals surface area contributed by atoms with E-state index in [-0.39, 0.29) is 0 Å². The number of aromatic nitrogens is 2. The van der Waals surface area contributed by atoms with Crippen LogP contribution < -0.4 is 0 Å². The van der Waals surface area contributed by atoms with Gasteiger partial charge in [0.25, 0.3) is 0 Å². The lowest BCUT2D eigenvalue weighted by molar-refractivity contribution is 0.616. The average Bonchev–Trinajstić information content (AvgIpc) is 3.59.